The highest BCUT2D eigenvalue weighted by Gasteiger charge is 2.34. The molecular formula is C11H18N4O2. The van der Waals surface area contributed by atoms with Crippen molar-refractivity contribution in [3.63, 3.8) is 0 Å². The van der Waals surface area contributed by atoms with Crippen LogP contribution in [0.2, 0.25) is 0 Å². The van der Waals surface area contributed by atoms with Crippen LogP contribution in [0.5, 0.6) is 5.88 Å². The number of methoxy groups -OCH3 is 1. The molecule has 6 nitrogen and oxygen atoms in total. The fourth-order valence-corrected chi connectivity index (χ4v) is 1.86. The van der Waals surface area contributed by atoms with Gasteiger partial charge in [-0.3, -0.25) is 0 Å². The molecule has 1 aromatic rings. The van der Waals surface area contributed by atoms with Gasteiger partial charge in [0.15, 0.2) is 0 Å². The van der Waals surface area contributed by atoms with Gasteiger partial charge < -0.3 is 15.4 Å². The number of rotatable bonds is 3. The van der Waals surface area contributed by atoms with Crippen LogP contribution in [0, 0.1) is 12.8 Å². The van der Waals surface area contributed by atoms with Gasteiger partial charge in [-0.15, -0.1) is 0 Å². The van der Waals surface area contributed by atoms with E-state index < -0.39 is 0 Å². The number of ether oxygens (including phenoxy) is 1. The SMILES string of the molecule is COc1c(NC(=O)N[C@@H]2C[C@H]2C)c(C)nn1C. The first-order valence-electron chi connectivity index (χ1n) is 5.68. The van der Waals surface area contributed by atoms with Gasteiger partial charge in [0.25, 0.3) is 0 Å². The molecule has 1 aromatic heterocycles. The fraction of sp³-hybridized carbons (Fsp3) is 0.636. The van der Waals surface area contributed by atoms with E-state index in [4.69, 9.17) is 4.74 Å². The minimum absolute atomic E-state index is 0.200. The molecule has 17 heavy (non-hydrogen) atoms. The maximum absolute atomic E-state index is 11.7. The van der Waals surface area contributed by atoms with Crippen LogP contribution in [0.1, 0.15) is 19.0 Å². The Labute approximate surface area is 100 Å². The Morgan fingerprint density at radius 2 is 2.24 bits per heavy atom. The molecule has 2 amide bonds. The average molecular weight is 238 g/mol. The van der Waals surface area contributed by atoms with Crippen molar-refractivity contribution in [2.45, 2.75) is 26.3 Å². The number of urea groups is 1. The smallest absolute Gasteiger partial charge is 0.319 e. The quantitative estimate of drug-likeness (QED) is 0.833. The number of hydrogen-bond donors (Lipinski definition) is 2. The summed E-state index contributed by atoms with van der Waals surface area (Å²) in [6.45, 7) is 3.94. The van der Waals surface area contributed by atoms with Crippen LogP contribution in [0.25, 0.3) is 0 Å². The first-order chi connectivity index (χ1) is 8.02. The van der Waals surface area contributed by atoms with Gasteiger partial charge in [-0.2, -0.15) is 5.10 Å². The molecule has 2 rings (SSSR count). The lowest BCUT2D eigenvalue weighted by molar-refractivity contribution is 0.251. The summed E-state index contributed by atoms with van der Waals surface area (Å²) < 4.78 is 6.80. The van der Waals surface area contributed by atoms with Crippen molar-refractivity contribution in [1.29, 1.82) is 0 Å². The summed E-state index contributed by atoms with van der Waals surface area (Å²) in [6, 6.07) is 0.103. The van der Waals surface area contributed by atoms with Crippen molar-refractivity contribution >= 4 is 11.7 Å². The lowest BCUT2D eigenvalue weighted by Gasteiger charge is -2.08. The number of hydrogen-bond acceptors (Lipinski definition) is 3. The second-order valence-corrected chi connectivity index (χ2v) is 4.51. The lowest BCUT2D eigenvalue weighted by atomic mass is 10.4. The van der Waals surface area contributed by atoms with Crippen LogP contribution in [0.3, 0.4) is 0 Å². The van der Waals surface area contributed by atoms with Gasteiger partial charge >= 0.3 is 6.03 Å². The molecule has 2 N–H and O–H groups in total. The summed E-state index contributed by atoms with van der Waals surface area (Å²) in [6.07, 6.45) is 1.05. The highest BCUT2D eigenvalue weighted by atomic mass is 16.5. The normalized spacial score (nSPS) is 22.1. The first kappa shape index (κ1) is 11.8. The molecule has 1 aliphatic carbocycles. The Bertz CT molecular complexity index is 441. The summed E-state index contributed by atoms with van der Waals surface area (Å²) in [4.78, 5) is 11.7. The van der Waals surface area contributed by atoms with Crippen molar-refractivity contribution in [2.24, 2.45) is 13.0 Å². The molecule has 0 aromatic carbocycles. The van der Waals surface area contributed by atoms with Crippen LogP contribution < -0.4 is 15.4 Å². The van der Waals surface area contributed by atoms with Gasteiger partial charge in [0.1, 0.15) is 5.69 Å². The largest absolute Gasteiger partial charge is 0.480 e. The molecule has 6 heteroatoms. The maximum Gasteiger partial charge on any atom is 0.319 e. The Balaban J connectivity index is 2.04. The third-order valence-corrected chi connectivity index (χ3v) is 3.03. The van der Waals surface area contributed by atoms with Gasteiger partial charge in [0.2, 0.25) is 5.88 Å². The zero-order valence-corrected chi connectivity index (χ0v) is 10.6. The topological polar surface area (TPSA) is 68.2 Å². The van der Waals surface area contributed by atoms with Crippen LogP contribution in [-0.4, -0.2) is 29.0 Å². The summed E-state index contributed by atoms with van der Waals surface area (Å²) in [5, 5.41) is 9.88. The molecule has 1 fully saturated rings. The van der Waals surface area contributed by atoms with Gasteiger partial charge in [0.05, 0.1) is 12.8 Å². The maximum atomic E-state index is 11.7. The van der Waals surface area contributed by atoms with Crippen molar-refractivity contribution < 1.29 is 9.53 Å². The molecular weight excluding hydrogens is 220 g/mol. The van der Waals surface area contributed by atoms with Crippen molar-refractivity contribution in [3.8, 4) is 5.88 Å². The van der Waals surface area contributed by atoms with Gasteiger partial charge in [0, 0.05) is 13.1 Å². The molecule has 0 unspecified atom stereocenters. The van der Waals surface area contributed by atoms with E-state index in [2.05, 4.69) is 22.7 Å². The van der Waals surface area contributed by atoms with E-state index >= 15 is 0 Å². The minimum Gasteiger partial charge on any atom is -0.480 e. The second-order valence-electron chi connectivity index (χ2n) is 4.51. The molecule has 1 aliphatic rings. The van der Waals surface area contributed by atoms with Gasteiger partial charge in [-0.1, -0.05) is 6.92 Å². The molecule has 1 saturated carbocycles. The minimum atomic E-state index is -0.200. The highest BCUT2D eigenvalue weighted by molar-refractivity contribution is 5.91. The molecule has 94 valence electrons. The van der Waals surface area contributed by atoms with Crippen LogP contribution >= 0.6 is 0 Å². The Morgan fingerprint density at radius 1 is 1.59 bits per heavy atom. The molecule has 0 radical (unpaired) electrons. The van der Waals surface area contributed by atoms with Crippen LogP contribution in [0.4, 0.5) is 10.5 Å². The number of carbonyl (C=O) groups excluding carboxylic acids is 1. The van der Waals surface area contributed by atoms with Crippen molar-refractivity contribution in [1.82, 2.24) is 15.1 Å². The summed E-state index contributed by atoms with van der Waals surface area (Å²) in [7, 11) is 3.33. The highest BCUT2D eigenvalue weighted by Crippen LogP contribution is 2.30. The number of carbonyl (C=O) groups is 1. The molecule has 0 spiro atoms. The van der Waals surface area contributed by atoms with E-state index in [0.29, 0.717) is 23.5 Å². The third-order valence-electron chi connectivity index (χ3n) is 3.03. The van der Waals surface area contributed by atoms with Crippen LogP contribution in [0.15, 0.2) is 0 Å². The first-order valence-corrected chi connectivity index (χ1v) is 5.68. The van der Waals surface area contributed by atoms with E-state index in [1.54, 1.807) is 18.8 Å². The Hall–Kier alpha value is -1.72. The van der Waals surface area contributed by atoms with Crippen molar-refractivity contribution in [3.05, 3.63) is 5.69 Å². The number of anilines is 1. The number of aryl methyl sites for hydroxylation is 2. The van der Waals surface area contributed by atoms with E-state index in [9.17, 15) is 4.79 Å². The van der Waals surface area contributed by atoms with E-state index in [1.165, 1.54) is 0 Å². The molecule has 1 heterocycles. The van der Waals surface area contributed by atoms with E-state index in [1.807, 2.05) is 6.92 Å². The number of nitrogens with zero attached hydrogens (tertiary/aromatic N) is 2. The summed E-state index contributed by atoms with van der Waals surface area (Å²) >= 11 is 0. The summed E-state index contributed by atoms with van der Waals surface area (Å²) in [5.74, 6) is 1.14. The Kier molecular flexibility index (Phi) is 2.95. The lowest BCUT2D eigenvalue weighted by Crippen LogP contribution is -2.31. The number of nitrogens with one attached hydrogen (secondary N) is 2. The standard InChI is InChI=1S/C11H18N4O2/c1-6-5-8(6)12-11(16)13-9-7(2)14-15(3)10(9)17-4/h6,8H,5H2,1-4H3,(H2,12,13,16)/t6-,8-/m1/s1. The molecule has 0 saturated heterocycles. The monoisotopic (exact) mass is 238 g/mol. The zero-order valence-electron chi connectivity index (χ0n) is 10.6. The molecule has 0 bridgehead atoms. The predicted molar refractivity (Wildman–Crippen MR) is 64.2 cm³/mol. The molecule has 2 atom stereocenters. The molecule has 0 aliphatic heterocycles. The zero-order chi connectivity index (χ0) is 12.6. The summed E-state index contributed by atoms with van der Waals surface area (Å²) in [5.41, 5.74) is 1.36. The van der Waals surface area contributed by atoms with Gasteiger partial charge in [-0.25, -0.2) is 9.48 Å². The van der Waals surface area contributed by atoms with Crippen molar-refractivity contribution in [2.75, 3.05) is 12.4 Å². The third kappa shape index (κ3) is 2.35. The van der Waals surface area contributed by atoms with E-state index in [0.717, 1.165) is 12.1 Å². The predicted octanol–water partition coefficient (Wildman–Crippen LogP) is 1.27. The van der Waals surface area contributed by atoms with Crippen LogP contribution in [-0.2, 0) is 7.05 Å². The Morgan fingerprint density at radius 3 is 2.76 bits per heavy atom. The average Bonchev–Trinajstić information content (AvgIpc) is 2.85. The fourth-order valence-electron chi connectivity index (χ4n) is 1.86. The second kappa shape index (κ2) is 4.27. The van der Waals surface area contributed by atoms with Gasteiger partial charge in [-0.05, 0) is 19.3 Å². The van der Waals surface area contributed by atoms with E-state index in [-0.39, 0.29) is 6.03 Å². The number of amides is 2. The number of aromatic nitrogens is 2.